The fourth-order valence-electron chi connectivity index (χ4n) is 2.57. The van der Waals surface area contributed by atoms with Gasteiger partial charge in [0.15, 0.2) is 5.82 Å². The average molecular weight is 359 g/mol. The summed E-state index contributed by atoms with van der Waals surface area (Å²) in [7, 11) is -3.82. The van der Waals surface area contributed by atoms with E-state index in [1.165, 1.54) is 6.07 Å². The van der Waals surface area contributed by atoms with Crippen LogP contribution in [0.15, 0.2) is 21.6 Å². The molecule has 1 aliphatic carbocycles. The summed E-state index contributed by atoms with van der Waals surface area (Å²) >= 11 is 0. The van der Waals surface area contributed by atoms with Crippen LogP contribution >= 0.6 is 12.4 Å². The summed E-state index contributed by atoms with van der Waals surface area (Å²) in [6, 6.07) is 3.25. The zero-order valence-corrected chi connectivity index (χ0v) is 14.5. The lowest BCUT2D eigenvalue weighted by molar-refractivity contribution is 0.229. The second kappa shape index (κ2) is 5.86. The molecule has 0 bridgehead atoms. The summed E-state index contributed by atoms with van der Waals surface area (Å²) in [5, 5.41) is 9.20. The summed E-state index contributed by atoms with van der Waals surface area (Å²) in [6.07, 6.45) is 2.68. The molecule has 7 nitrogen and oxygen atoms in total. The van der Waals surface area contributed by atoms with Crippen molar-refractivity contribution >= 4 is 22.4 Å². The molecule has 1 heterocycles. The van der Waals surface area contributed by atoms with Gasteiger partial charge in [-0.1, -0.05) is 5.16 Å². The van der Waals surface area contributed by atoms with Crippen molar-refractivity contribution in [2.24, 2.45) is 10.9 Å². The predicted octanol–water partition coefficient (Wildman–Crippen LogP) is 1.76. The zero-order valence-electron chi connectivity index (χ0n) is 12.9. The maximum atomic E-state index is 11.7. The molecule has 1 saturated carbocycles. The van der Waals surface area contributed by atoms with Gasteiger partial charge in [-0.15, -0.1) is 12.4 Å². The smallest absolute Gasteiger partial charge is 0.258 e. The number of benzene rings is 1. The van der Waals surface area contributed by atoms with E-state index in [4.69, 9.17) is 15.4 Å². The third kappa shape index (κ3) is 3.12. The first-order valence-corrected chi connectivity index (χ1v) is 8.53. The van der Waals surface area contributed by atoms with E-state index >= 15 is 0 Å². The number of aromatic nitrogens is 2. The molecule has 0 unspecified atom stereocenters. The van der Waals surface area contributed by atoms with Crippen molar-refractivity contribution in [1.82, 2.24) is 10.1 Å². The minimum atomic E-state index is -3.82. The summed E-state index contributed by atoms with van der Waals surface area (Å²) < 4.78 is 28.7. The summed E-state index contributed by atoms with van der Waals surface area (Å²) in [4.78, 5) is 4.39. The maximum absolute atomic E-state index is 11.7. The van der Waals surface area contributed by atoms with Crippen molar-refractivity contribution in [3.05, 3.63) is 29.1 Å². The van der Waals surface area contributed by atoms with E-state index in [-0.39, 0.29) is 23.2 Å². The fraction of sp³-hybridized carbons (Fsp3) is 0.429. The Morgan fingerprint density at radius 2 is 1.91 bits per heavy atom. The highest BCUT2D eigenvalue weighted by Gasteiger charge is 2.39. The SMILES string of the molecule is Cc1cc(-c2nc(C3(N)CCC3)no2)cc(S(N)(=O)=O)c1C.Cl. The van der Waals surface area contributed by atoms with Crippen LogP contribution < -0.4 is 10.9 Å². The van der Waals surface area contributed by atoms with Crippen LogP contribution in [-0.4, -0.2) is 18.6 Å². The highest BCUT2D eigenvalue weighted by Crippen LogP contribution is 2.38. The molecule has 23 heavy (non-hydrogen) atoms. The van der Waals surface area contributed by atoms with E-state index in [1.807, 2.05) is 0 Å². The Hall–Kier alpha value is -1.48. The average Bonchev–Trinajstić information content (AvgIpc) is 2.87. The van der Waals surface area contributed by atoms with Gasteiger partial charge in [0.25, 0.3) is 5.89 Å². The highest BCUT2D eigenvalue weighted by atomic mass is 35.5. The van der Waals surface area contributed by atoms with Gasteiger partial charge in [-0.2, -0.15) is 4.98 Å². The van der Waals surface area contributed by atoms with E-state index in [0.29, 0.717) is 17.0 Å². The summed E-state index contributed by atoms with van der Waals surface area (Å²) in [5.74, 6) is 0.712. The normalized spacial score (nSPS) is 16.5. The Morgan fingerprint density at radius 1 is 1.26 bits per heavy atom. The third-order valence-electron chi connectivity index (χ3n) is 4.29. The molecular weight excluding hydrogens is 340 g/mol. The second-order valence-electron chi connectivity index (χ2n) is 5.89. The van der Waals surface area contributed by atoms with Gasteiger partial charge in [-0.05, 0) is 56.4 Å². The lowest BCUT2D eigenvalue weighted by Gasteiger charge is -2.34. The van der Waals surface area contributed by atoms with Crippen molar-refractivity contribution in [3.8, 4) is 11.5 Å². The number of nitrogens with two attached hydrogens (primary N) is 2. The summed E-state index contributed by atoms with van der Waals surface area (Å²) in [6.45, 7) is 3.52. The quantitative estimate of drug-likeness (QED) is 0.861. The molecule has 9 heteroatoms. The second-order valence-corrected chi connectivity index (χ2v) is 7.42. The number of hydrogen-bond donors (Lipinski definition) is 2. The van der Waals surface area contributed by atoms with Gasteiger partial charge in [0.1, 0.15) is 0 Å². The monoisotopic (exact) mass is 358 g/mol. The molecule has 1 aliphatic rings. The molecule has 0 atom stereocenters. The van der Waals surface area contributed by atoms with Crippen molar-refractivity contribution in [2.45, 2.75) is 43.5 Å². The molecule has 1 aromatic carbocycles. The predicted molar refractivity (Wildman–Crippen MR) is 87.5 cm³/mol. The minimum Gasteiger partial charge on any atom is -0.334 e. The van der Waals surface area contributed by atoms with Crippen LogP contribution in [0.4, 0.5) is 0 Å². The number of rotatable bonds is 3. The number of aryl methyl sites for hydroxylation is 1. The molecule has 3 rings (SSSR count). The van der Waals surface area contributed by atoms with Crippen LogP contribution in [-0.2, 0) is 15.6 Å². The van der Waals surface area contributed by atoms with Gasteiger partial charge < -0.3 is 10.3 Å². The van der Waals surface area contributed by atoms with Crippen LogP contribution in [0.5, 0.6) is 0 Å². The number of primary sulfonamides is 1. The molecule has 0 saturated heterocycles. The van der Waals surface area contributed by atoms with Gasteiger partial charge in [-0.3, -0.25) is 0 Å². The Balaban J connectivity index is 0.00000192. The first-order valence-electron chi connectivity index (χ1n) is 6.98. The Kier molecular flexibility index (Phi) is 4.55. The largest absolute Gasteiger partial charge is 0.334 e. The first kappa shape index (κ1) is 17.9. The van der Waals surface area contributed by atoms with Crippen molar-refractivity contribution < 1.29 is 12.9 Å². The van der Waals surface area contributed by atoms with Gasteiger partial charge in [0.2, 0.25) is 10.0 Å². The maximum Gasteiger partial charge on any atom is 0.258 e. The molecular formula is C14H19ClN4O3S. The summed E-state index contributed by atoms with van der Waals surface area (Å²) in [5.41, 5.74) is 7.56. The van der Waals surface area contributed by atoms with E-state index in [0.717, 1.165) is 24.8 Å². The lowest BCUT2D eigenvalue weighted by atomic mass is 9.77. The van der Waals surface area contributed by atoms with Crippen molar-refractivity contribution in [3.63, 3.8) is 0 Å². The van der Waals surface area contributed by atoms with Crippen LogP contribution in [0.3, 0.4) is 0 Å². The van der Waals surface area contributed by atoms with Crippen molar-refractivity contribution in [1.29, 1.82) is 0 Å². The zero-order chi connectivity index (χ0) is 16.1. The molecule has 1 fully saturated rings. The van der Waals surface area contributed by atoms with Gasteiger partial charge in [0.05, 0.1) is 10.4 Å². The van der Waals surface area contributed by atoms with E-state index in [2.05, 4.69) is 10.1 Å². The first-order chi connectivity index (χ1) is 10.2. The molecule has 0 amide bonds. The Morgan fingerprint density at radius 3 is 2.43 bits per heavy atom. The Labute approximate surface area is 140 Å². The van der Waals surface area contributed by atoms with Crippen molar-refractivity contribution in [2.75, 3.05) is 0 Å². The molecule has 0 radical (unpaired) electrons. The molecule has 0 aliphatic heterocycles. The number of hydrogen-bond acceptors (Lipinski definition) is 6. The van der Waals surface area contributed by atoms with Crippen LogP contribution in [0.2, 0.25) is 0 Å². The molecule has 0 spiro atoms. The molecule has 1 aromatic heterocycles. The van der Waals surface area contributed by atoms with Gasteiger partial charge >= 0.3 is 0 Å². The number of nitrogens with zero attached hydrogens (tertiary/aromatic N) is 2. The van der Waals surface area contributed by atoms with Gasteiger partial charge in [-0.25, -0.2) is 13.6 Å². The molecule has 126 valence electrons. The van der Waals surface area contributed by atoms with Crippen LogP contribution in [0.1, 0.15) is 36.2 Å². The standard InChI is InChI=1S/C14H18N4O3S.ClH/c1-8-6-10(7-11(9(8)2)22(16,19)20)12-17-13(18-21-12)14(15)4-3-5-14;/h6-7H,3-5,15H2,1-2H3,(H2,16,19,20);1H. The molecule has 2 aromatic rings. The van der Waals surface area contributed by atoms with Crippen LogP contribution in [0.25, 0.3) is 11.5 Å². The van der Waals surface area contributed by atoms with E-state index < -0.39 is 15.6 Å². The third-order valence-corrected chi connectivity index (χ3v) is 5.33. The fourth-order valence-corrected chi connectivity index (χ4v) is 3.45. The minimum absolute atomic E-state index is 0. The highest BCUT2D eigenvalue weighted by molar-refractivity contribution is 7.89. The van der Waals surface area contributed by atoms with E-state index in [9.17, 15) is 8.42 Å². The van der Waals surface area contributed by atoms with Crippen LogP contribution in [0, 0.1) is 13.8 Å². The van der Waals surface area contributed by atoms with Gasteiger partial charge in [0, 0.05) is 5.56 Å². The Bertz CT molecular complexity index is 844. The van der Waals surface area contributed by atoms with E-state index in [1.54, 1.807) is 19.9 Å². The topological polar surface area (TPSA) is 125 Å². The molecule has 4 N–H and O–H groups in total. The lowest BCUT2D eigenvalue weighted by Crippen LogP contribution is -2.44. The number of halogens is 1. The number of sulfonamides is 1.